The zero-order valence-corrected chi connectivity index (χ0v) is 12.7. The zero-order valence-electron chi connectivity index (χ0n) is 11.1. The molecular formula is C12H16F3NO2S2. The van der Waals surface area contributed by atoms with Crippen molar-refractivity contribution in [3.8, 4) is 0 Å². The number of rotatable bonds is 6. The Morgan fingerprint density at radius 2 is 1.80 bits per heavy atom. The Bertz CT molecular complexity index is 527. The van der Waals surface area contributed by atoms with E-state index < -0.39 is 20.2 Å². The molecule has 0 spiro atoms. The molecule has 1 aromatic rings. The van der Waals surface area contributed by atoms with Crippen LogP contribution in [0.4, 0.5) is 18.9 Å². The molecule has 114 valence electrons. The topological polar surface area (TPSA) is 46.2 Å². The highest BCUT2D eigenvalue weighted by Crippen LogP contribution is 2.30. The number of alkyl halides is 3. The number of hydrogen-bond acceptors (Lipinski definition) is 4. The zero-order chi connectivity index (χ0) is 15.4. The van der Waals surface area contributed by atoms with Crippen LogP contribution in [0.5, 0.6) is 0 Å². The summed E-state index contributed by atoms with van der Waals surface area (Å²) < 4.78 is 59.4. The Morgan fingerprint density at radius 1 is 1.25 bits per heavy atom. The lowest BCUT2D eigenvalue weighted by Crippen LogP contribution is -2.23. The Kier molecular flexibility index (Phi) is 5.76. The molecule has 0 aliphatic carbocycles. The van der Waals surface area contributed by atoms with Crippen LogP contribution in [-0.2, 0) is 9.84 Å². The molecule has 1 rings (SSSR count). The van der Waals surface area contributed by atoms with E-state index in [1.807, 2.05) is 13.8 Å². The van der Waals surface area contributed by atoms with E-state index in [9.17, 15) is 21.6 Å². The van der Waals surface area contributed by atoms with E-state index in [4.69, 9.17) is 0 Å². The third-order valence-electron chi connectivity index (χ3n) is 2.45. The van der Waals surface area contributed by atoms with Crippen LogP contribution in [0.1, 0.15) is 13.8 Å². The molecule has 1 N–H and O–H groups in total. The molecule has 1 atom stereocenters. The van der Waals surface area contributed by atoms with Gasteiger partial charge in [0.1, 0.15) is 0 Å². The summed E-state index contributed by atoms with van der Waals surface area (Å²) in [5.74, 6) is 1.84. The van der Waals surface area contributed by atoms with Crippen LogP contribution in [-0.4, -0.2) is 31.5 Å². The highest BCUT2D eigenvalue weighted by Gasteiger charge is 2.46. The second-order valence-electron chi connectivity index (χ2n) is 4.18. The fourth-order valence-electron chi connectivity index (χ4n) is 1.48. The summed E-state index contributed by atoms with van der Waals surface area (Å²) in [6.45, 7) is 3.98. The highest BCUT2D eigenvalue weighted by molar-refractivity contribution is 7.99. The maximum atomic E-state index is 12.4. The summed E-state index contributed by atoms with van der Waals surface area (Å²) in [4.78, 5) is -0.744. The minimum absolute atomic E-state index is 0.144. The molecule has 0 heterocycles. The van der Waals surface area contributed by atoms with E-state index >= 15 is 0 Å². The molecule has 20 heavy (non-hydrogen) atoms. The van der Waals surface area contributed by atoms with Gasteiger partial charge in [0.15, 0.2) is 0 Å². The SMILES string of the molecule is CCSCC(C)Nc1ccc(S(=O)(=O)C(F)(F)F)cc1. The smallest absolute Gasteiger partial charge is 0.382 e. The normalized spacial score (nSPS) is 14.1. The molecule has 1 unspecified atom stereocenters. The van der Waals surface area contributed by atoms with Crippen LogP contribution in [0, 0.1) is 0 Å². The van der Waals surface area contributed by atoms with Gasteiger partial charge in [-0.1, -0.05) is 6.92 Å². The second kappa shape index (κ2) is 6.71. The van der Waals surface area contributed by atoms with Crippen LogP contribution in [0.2, 0.25) is 0 Å². The summed E-state index contributed by atoms with van der Waals surface area (Å²) >= 11 is 1.74. The number of anilines is 1. The van der Waals surface area contributed by atoms with Gasteiger partial charge in [-0.3, -0.25) is 0 Å². The van der Waals surface area contributed by atoms with Crippen molar-refractivity contribution in [3.63, 3.8) is 0 Å². The first-order valence-corrected chi connectivity index (χ1v) is 8.58. The molecule has 0 aliphatic heterocycles. The van der Waals surface area contributed by atoms with Gasteiger partial charge in [0.05, 0.1) is 4.90 Å². The number of benzene rings is 1. The predicted octanol–water partition coefficient (Wildman–Crippen LogP) is 3.53. The van der Waals surface area contributed by atoms with Crippen molar-refractivity contribution in [2.24, 2.45) is 0 Å². The molecule has 0 aliphatic rings. The van der Waals surface area contributed by atoms with Crippen molar-refractivity contribution in [1.82, 2.24) is 0 Å². The van der Waals surface area contributed by atoms with Crippen molar-refractivity contribution in [2.45, 2.75) is 30.3 Å². The number of hydrogen-bond donors (Lipinski definition) is 1. The largest absolute Gasteiger partial charge is 0.501 e. The van der Waals surface area contributed by atoms with Gasteiger partial charge in [-0.25, -0.2) is 8.42 Å². The fourth-order valence-corrected chi connectivity index (χ4v) is 2.92. The fraction of sp³-hybridized carbons (Fsp3) is 0.500. The van der Waals surface area contributed by atoms with Gasteiger partial charge in [0, 0.05) is 17.5 Å². The Labute approximate surface area is 120 Å². The van der Waals surface area contributed by atoms with Crippen LogP contribution >= 0.6 is 11.8 Å². The summed E-state index contributed by atoms with van der Waals surface area (Å²) in [6.07, 6.45) is 0. The molecule has 0 amide bonds. The summed E-state index contributed by atoms with van der Waals surface area (Å²) in [6, 6.07) is 4.75. The number of nitrogens with one attached hydrogen (secondary N) is 1. The summed E-state index contributed by atoms with van der Waals surface area (Å²) in [7, 11) is -5.27. The average molecular weight is 327 g/mol. The first-order valence-electron chi connectivity index (χ1n) is 5.94. The van der Waals surface area contributed by atoms with Crippen LogP contribution in [0.3, 0.4) is 0 Å². The third kappa shape index (κ3) is 4.31. The molecule has 0 aromatic heterocycles. The van der Waals surface area contributed by atoms with Gasteiger partial charge < -0.3 is 5.32 Å². The molecule has 0 saturated carbocycles. The minimum atomic E-state index is -5.27. The van der Waals surface area contributed by atoms with Gasteiger partial charge in [-0.15, -0.1) is 0 Å². The van der Waals surface area contributed by atoms with Crippen molar-refractivity contribution < 1.29 is 21.6 Å². The Hall–Kier alpha value is -0.890. The second-order valence-corrected chi connectivity index (χ2v) is 7.44. The third-order valence-corrected chi connectivity index (χ3v) is 5.10. The minimum Gasteiger partial charge on any atom is -0.382 e. The Balaban J connectivity index is 2.80. The molecule has 8 heteroatoms. The number of sulfone groups is 1. The van der Waals surface area contributed by atoms with Crippen molar-refractivity contribution in [3.05, 3.63) is 24.3 Å². The van der Waals surface area contributed by atoms with E-state index in [0.717, 1.165) is 23.6 Å². The van der Waals surface area contributed by atoms with E-state index in [-0.39, 0.29) is 6.04 Å². The molecular weight excluding hydrogens is 311 g/mol. The lowest BCUT2D eigenvalue weighted by Gasteiger charge is -2.15. The average Bonchev–Trinajstić information content (AvgIpc) is 2.35. The van der Waals surface area contributed by atoms with Gasteiger partial charge >= 0.3 is 5.51 Å². The highest BCUT2D eigenvalue weighted by atomic mass is 32.2. The van der Waals surface area contributed by atoms with E-state index in [1.54, 1.807) is 11.8 Å². The molecule has 0 saturated heterocycles. The molecule has 0 radical (unpaired) electrons. The first-order chi connectivity index (χ1) is 9.18. The molecule has 1 aromatic carbocycles. The quantitative estimate of drug-likeness (QED) is 0.868. The summed E-state index contributed by atoms with van der Waals surface area (Å²) in [5.41, 5.74) is -4.68. The van der Waals surface area contributed by atoms with Crippen molar-refractivity contribution >= 4 is 27.3 Å². The molecule has 0 fully saturated rings. The summed E-state index contributed by atoms with van der Waals surface area (Å²) in [5, 5.41) is 3.10. The van der Waals surface area contributed by atoms with Crippen LogP contribution in [0.15, 0.2) is 29.2 Å². The van der Waals surface area contributed by atoms with E-state index in [1.165, 1.54) is 12.1 Å². The van der Waals surface area contributed by atoms with Crippen LogP contribution < -0.4 is 5.32 Å². The monoisotopic (exact) mass is 327 g/mol. The van der Waals surface area contributed by atoms with Gasteiger partial charge in [0.2, 0.25) is 0 Å². The van der Waals surface area contributed by atoms with Crippen molar-refractivity contribution in [2.75, 3.05) is 16.8 Å². The number of halogens is 3. The maximum Gasteiger partial charge on any atom is 0.501 e. The standard InChI is InChI=1S/C12H16F3NO2S2/c1-3-19-8-9(2)16-10-4-6-11(7-5-10)20(17,18)12(13,14)15/h4-7,9,16H,3,8H2,1-2H3. The van der Waals surface area contributed by atoms with E-state index in [2.05, 4.69) is 5.32 Å². The van der Waals surface area contributed by atoms with Crippen molar-refractivity contribution in [1.29, 1.82) is 0 Å². The van der Waals surface area contributed by atoms with Gasteiger partial charge in [0.25, 0.3) is 9.84 Å². The van der Waals surface area contributed by atoms with Gasteiger partial charge in [-0.05, 0) is 36.9 Å². The maximum absolute atomic E-state index is 12.4. The van der Waals surface area contributed by atoms with Crippen LogP contribution in [0.25, 0.3) is 0 Å². The lowest BCUT2D eigenvalue weighted by atomic mass is 10.3. The lowest BCUT2D eigenvalue weighted by molar-refractivity contribution is -0.0436. The Morgan fingerprint density at radius 3 is 2.25 bits per heavy atom. The number of thioether (sulfide) groups is 1. The van der Waals surface area contributed by atoms with Gasteiger partial charge in [-0.2, -0.15) is 24.9 Å². The van der Waals surface area contributed by atoms with E-state index in [0.29, 0.717) is 5.69 Å². The molecule has 3 nitrogen and oxygen atoms in total. The molecule has 0 bridgehead atoms. The first kappa shape index (κ1) is 17.2. The predicted molar refractivity (Wildman–Crippen MR) is 75.8 cm³/mol.